The molecule has 1 aromatic heterocycles. The van der Waals surface area contributed by atoms with Crippen LogP contribution >= 0.6 is 11.8 Å². The number of phenols is 1. The van der Waals surface area contributed by atoms with Crippen molar-refractivity contribution in [2.75, 3.05) is 38.2 Å². The van der Waals surface area contributed by atoms with E-state index >= 15 is 0 Å². The van der Waals surface area contributed by atoms with Crippen LogP contribution in [0.1, 0.15) is 55.2 Å². The van der Waals surface area contributed by atoms with Crippen LogP contribution in [0.3, 0.4) is 0 Å². The molecular weight excluding hydrogens is 1110 g/mol. The summed E-state index contributed by atoms with van der Waals surface area (Å²) >= 11 is 1.31. The van der Waals surface area contributed by atoms with Gasteiger partial charge in [0.2, 0.25) is 47.3 Å². The Bertz CT molecular complexity index is 2960. The number of aromatic amines is 1. The molecular formula is C54H74N16O13S. The third kappa shape index (κ3) is 23.9. The van der Waals surface area contributed by atoms with Gasteiger partial charge in [0.25, 0.3) is 0 Å². The number of nitrogens with zero attached hydrogens (tertiary/aromatic N) is 2. The van der Waals surface area contributed by atoms with Crippen molar-refractivity contribution in [1.29, 1.82) is 0 Å². The summed E-state index contributed by atoms with van der Waals surface area (Å²) in [6.45, 7) is -1.26. The number of nitrogens with one attached hydrogen (secondary N) is 9. The Morgan fingerprint density at radius 3 is 1.63 bits per heavy atom. The van der Waals surface area contributed by atoms with Crippen molar-refractivity contribution in [1.82, 2.24) is 47.5 Å². The van der Waals surface area contributed by atoms with Crippen molar-refractivity contribution in [2.24, 2.45) is 38.7 Å². The summed E-state index contributed by atoms with van der Waals surface area (Å²) < 4.78 is 0. The van der Waals surface area contributed by atoms with E-state index < -0.39 is 121 Å². The molecule has 0 aliphatic heterocycles. The Kier molecular flexibility index (Phi) is 27.7. The zero-order valence-electron chi connectivity index (χ0n) is 46.1. The van der Waals surface area contributed by atoms with Gasteiger partial charge in [0.05, 0.1) is 25.6 Å². The number of benzene rings is 3. The fourth-order valence-electron chi connectivity index (χ4n) is 8.36. The maximum absolute atomic E-state index is 14.3. The van der Waals surface area contributed by atoms with Crippen LogP contribution in [-0.4, -0.2) is 172 Å². The van der Waals surface area contributed by atoms with E-state index in [-0.39, 0.29) is 87.9 Å². The molecule has 454 valence electrons. The van der Waals surface area contributed by atoms with Crippen LogP contribution < -0.4 is 71.2 Å². The molecule has 0 saturated carbocycles. The summed E-state index contributed by atoms with van der Waals surface area (Å²) in [6.07, 6.45) is 2.24. The van der Waals surface area contributed by atoms with E-state index in [2.05, 4.69) is 57.5 Å². The van der Waals surface area contributed by atoms with Gasteiger partial charge in [-0.05, 0) is 85.4 Å². The lowest BCUT2D eigenvalue weighted by Crippen LogP contribution is -2.59. The maximum Gasteiger partial charge on any atom is 0.326 e. The van der Waals surface area contributed by atoms with E-state index in [1.54, 1.807) is 79.2 Å². The Labute approximate surface area is 487 Å². The number of nitrogens with two attached hydrogens (primary N) is 5. The first-order valence-corrected chi connectivity index (χ1v) is 27.9. The predicted octanol–water partition coefficient (Wildman–Crippen LogP) is -3.21. The fourth-order valence-corrected chi connectivity index (χ4v) is 8.83. The molecule has 0 fully saturated rings. The number of aliphatic imine (C=N–C) groups is 2. The molecule has 0 bridgehead atoms. The van der Waals surface area contributed by atoms with E-state index in [1.165, 1.54) is 23.9 Å². The number of amides is 8. The van der Waals surface area contributed by atoms with Gasteiger partial charge in [0.15, 0.2) is 11.9 Å². The number of thioether (sulfide) groups is 1. The molecule has 0 spiro atoms. The van der Waals surface area contributed by atoms with Crippen LogP contribution in [0.25, 0.3) is 10.9 Å². The normalized spacial score (nSPS) is 13.4. The predicted molar refractivity (Wildman–Crippen MR) is 312 cm³/mol. The number of phenolic OH excluding ortho intramolecular Hbond substituents is 1. The van der Waals surface area contributed by atoms with Gasteiger partial charge < -0.3 is 91.5 Å². The van der Waals surface area contributed by atoms with Crippen LogP contribution in [-0.2, 0) is 67.2 Å². The molecule has 4 rings (SSSR count). The fraction of sp³-hybridized carbons (Fsp3) is 0.407. The van der Waals surface area contributed by atoms with E-state index in [1.807, 2.05) is 0 Å². The minimum absolute atomic E-state index is 0.0248. The van der Waals surface area contributed by atoms with Gasteiger partial charge in [-0.25, -0.2) is 4.79 Å². The number of hydrogen-bond acceptors (Lipinski definition) is 15. The highest BCUT2D eigenvalue weighted by Crippen LogP contribution is 2.20. The smallest absolute Gasteiger partial charge is 0.326 e. The van der Waals surface area contributed by atoms with Crippen LogP contribution in [0.15, 0.2) is 95.0 Å². The lowest BCUT2D eigenvalue weighted by atomic mass is 10.0. The van der Waals surface area contributed by atoms with Gasteiger partial charge in [-0.3, -0.25) is 53.1 Å². The molecule has 0 unspecified atom stereocenters. The number of carboxylic acids is 2. The van der Waals surface area contributed by atoms with Crippen LogP contribution in [0.4, 0.5) is 0 Å². The van der Waals surface area contributed by atoms with Crippen LogP contribution in [0.5, 0.6) is 5.75 Å². The van der Waals surface area contributed by atoms with Crippen LogP contribution in [0, 0.1) is 0 Å². The molecule has 1 heterocycles. The summed E-state index contributed by atoms with van der Waals surface area (Å²) in [5.74, 6) is -10.3. The number of aromatic hydroxyl groups is 1. The molecule has 0 aliphatic rings. The Morgan fingerprint density at radius 2 is 1.04 bits per heavy atom. The van der Waals surface area contributed by atoms with Gasteiger partial charge in [-0.15, -0.1) is 0 Å². The number of carboxylic acid groups (broad SMARTS) is 2. The highest BCUT2D eigenvalue weighted by atomic mass is 32.2. The van der Waals surface area contributed by atoms with Gasteiger partial charge in [-0.1, -0.05) is 60.7 Å². The van der Waals surface area contributed by atoms with Gasteiger partial charge in [0.1, 0.15) is 42.0 Å². The highest BCUT2D eigenvalue weighted by Gasteiger charge is 2.34. The second-order valence-corrected chi connectivity index (χ2v) is 20.3. The zero-order chi connectivity index (χ0) is 61.7. The summed E-state index contributed by atoms with van der Waals surface area (Å²) in [5.41, 5.74) is 30.1. The molecule has 8 amide bonds. The average Bonchev–Trinajstić information content (AvgIpc) is 3.58. The van der Waals surface area contributed by atoms with E-state index in [9.17, 15) is 63.3 Å². The van der Waals surface area contributed by atoms with E-state index in [4.69, 9.17) is 28.7 Å². The molecule has 84 heavy (non-hydrogen) atoms. The van der Waals surface area contributed by atoms with Gasteiger partial charge in [0, 0.05) is 43.0 Å². The summed E-state index contributed by atoms with van der Waals surface area (Å²) in [5, 5.41) is 50.0. The largest absolute Gasteiger partial charge is 0.508 e. The second kappa shape index (κ2) is 34.7. The number of hydrogen-bond donors (Lipinski definition) is 17. The molecule has 3 aromatic carbocycles. The van der Waals surface area contributed by atoms with Crippen molar-refractivity contribution >= 4 is 93.8 Å². The molecule has 0 aliphatic carbocycles. The monoisotopic (exact) mass is 1190 g/mol. The number of guanidine groups is 2. The molecule has 7 atom stereocenters. The number of fused-ring (bicyclic) bond motifs is 1. The third-order valence-corrected chi connectivity index (χ3v) is 13.3. The summed E-state index contributed by atoms with van der Waals surface area (Å²) in [6, 6.07) is 11.5. The minimum atomic E-state index is -1.86. The number of aromatic nitrogens is 1. The second-order valence-electron chi connectivity index (χ2n) is 19.3. The summed E-state index contributed by atoms with van der Waals surface area (Å²) in [4.78, 5) is 145. The van der Waals surface area contributed by atoms with Crippen molar-refractivity contribution in [3.63, 3.8) is 0 Å². The van der Waals surface area contributed by atoms with E-state index in [0.29, 0.717) is 16.7 Å². The summed E-state index contributed by atoms with van der Waals surface area (Å²) in [7, 11) is 0. The van der Waals surface area contributed by atoms with Gasteiger partial charge >= 0.3 is 11.9 Å². The first kappa shape index (κ1) is 67.1. The maximum atomic E-state index is 14.3. The van der Waals surface area contributed by atoms with Crippen molar-refractivity contribution in [2.45, 2.75) is 100 Å². The molecule has 29 nitrogen and oxygen atoms in total. The molecule has 0 saturated heterocycles. The quantitative estimate of drug-likeness (QED) is 0.0121. The Balaban J connectivity index is 1.51. The van der Waals surface area contributed by atoms with Crippen LogP contribution in [0.2, 0.25) is 0 Å². The molecule has 30 heteroatoms. The third-order valence-electron chi connectivity index (χ3n) is 12.7. The number of H-pyrrole nitrogens is 1. The number of carbonyl (C=O) groups excluding carboxylic acids is 8. The lowest BCUT2D eigenvalue weighted by Gasteiger charge is -2.26. The topological polar surface area (TPSA) is 498 Å². The highest BCUT2D eigenvalue weighted by molar-refractivity contribution is 7.98. The van der Waals surface area contributed by atoms with Crippen molar-refractivity contribution < 1.29 is 63.3 Å². The molecule has 0 radical (unpaired) electrons. The molecule has 22 N–H and O–H groups in total. The Hall–Kier alpha value is -9.45. The standard InChI is InChI=1S/C54H74N16O13S/c1-84-22-19-38(67-50(80)41(25-32-27-62-36-12-6-5-11-34(32)36)66-44(73)28-63-46(76)35(55)23-31-15-17-33(71)18-16-31)49(79)70-42(26-45(74)75)51(81)69-40(24-30-9-3-2-4-10-30)47(77)64-29-43(72)65-37(13-7-20-60-53(56)57)48(78)68-39(52(82)83)14-8-21-61-54(58)59/h2-6,9-12,15-18,27,35,37-42,62,71H,7-8,13-14,19-26,28-29,55H2,1H3,(H,63,76)(H,64,77)(H,65,72)(H,66,73)(H,67,80)(H,68,78)(H,69,81)(H,70,79)(H,74,75)(H,82,83)(H4,56,57,60)(H4,58,59,61)/t35-,37-,38-,39-,40-,41-,42-/m0/s1. The number of rotatable bonds is 36. The SMILES string of the molecule is CSCC[C@H](NC(=O)[C@H](Cc1c[nH]c2ccccc12)NC(=O)CNC(=O)[C@@H](N)Cc1ccc(O)cc1)C(=O)N[C@@H](CC(=O)O)C(=O)N[C@@H](Cc1ccccc1)C(=O)NCC(=O)N[C@@H](CCCN=C(N)N)C(=O)N[C@@H](CCCN=C(N)N)C(=O)O. The number of para-hydroxylation sites is 1. The first-order chi connectivity index (χ1) is 40.0. The average molecular weight is 1190 g/mol. The first-order valence-electron chi connectivity index (χ1n) is 26.6. The minimum Gasteiger partial charge on any atom is -0.508 e. The van der Waals surface area contributed by atoms with Gasteiger partial charge in [-0.2, -0.15) is 11.8 Å². The molecule has 4 aromatic rings. The lowest BCUT2D eigenvalue weighted by molar-refractivity contribution is -0.142. The number of aliphatic carboxylic acids is 2. The zero-order valence-corrected chi connectivity index (χ0v) is 47.0. The van der Waals surface area contributed by atoms with Crippen molar-refractivity contribution in [3.8, 4) is 5.75 Å². The Morgan fingerprint density at radius 1 is 0.548 bits per heavy atom. The van der Waals surface area contributed by atoms with E-state index in [0.717, 1.165) is 10.9 Å². The number of carbonyl (C=O) groups is 10. The van der Waals surface area contributed by atoms with Crippen molar-refractivity contribution in [3.05, 3.63) is 102 Å².